The number of carbonyl (C=O) groups excluding carboxylic acids is 1. The lowest BCUT2D eigenvalue weighted by molar-refractivity contribution is -0.124. The predicted octanol–water partition coefficient (Wildman–Crippen LogP) is 2.32. The third kappa shape index (κ3) is 4.46. The van der Waals surface area contributed by atoms with Gasteiger partial charge in [-0.1, -0.05) is 25.0 Å². The molecule has 4 heteroatoms. The zero-order valence-corrected chi connectivity index (χ0v) is 13.0. The average Bonchev–Trinajstić information content (AvgIpc) is 2.49. The molecule has 1 saturated carbocycles. The van der Waals surface area contributed by atoms with E-state index in [1.807, 2.05) is 32.0 Å². The van der Waals surface area contributed by atoms with Gasteiger partial charge in [-0.15, -0.1) is 0 Å². The molecule has 3 N–H and O–H groups in total. The van der Waals surface area contributed by atoms with Crippen molar-refractivity contribution in [1.82, 2.24) is 5.32 Å². The molecule has 1 aromatic rings. The molecule has 0 spiro atoms. The van der Waals surface area contributed by atoms with Gasteiger partial charge in [0, 0.05) is 6.04 Å². The van der Waals surface area contributed by atoms with Gasteiger partial charge in [-0.05, 0) is 56.3 Å². The van der Waals surface area contributed by atoms with Gasteiger partial charge in [-0.2, -0.15) is 0 Å². The Hall–Kier alpha value is -1.55. The monoisotopic (exact) mass is 290 g/mol. The van der Waals surface area contributed by atoms with Gasteiger partial charge < -0.3 is 15.8 Å². The molecule has 0 bridgehead atoms. The number of nitrogens with two attached hydrogens (primary N) is 1. The van der Waals surface area contributed by atoms with Crippen molar-refractivity contribution in [3.05, 3.63) is 29.3 Å². The molecule has 1 amide bonds. The third-order valence-electron chi connectivity index (χ3n) is 4.26. The number of benzene rings is 1. The summed E-state index contributed by atoms with van der Waals surface area (Å²) in [5.41, 5.74) is 7.97. The number of hydrogen-bond donors (Lipinski definition) is 2. The number of hydrogen-bond acceptors (Lipinski definition) is 3. The predicted molar refractivity (Wildman–Crippen MR) is 84.4 cm³/mol. The highest BCUT2D eigenvalue weighted by molar-refractivity contribution is 5.78. The van der Waals surface area contributed by atoms with E-state index in [0.29, 0.717) is 12.5 Å². The van der Waals surface area contributed by atoms with Crippen LogP contribution in [0, 0.1) is 19.8 Å². The zero-order chi connectivity index (χ0) is 15.2. The fourth-order valence-corrected chi connectivity index (χ4v) is 2.93. The molecule has 1 aliphatic rings. The lowest BCUT2D eigenvalue weighted by Gasteiger charge is -2.31. The topological polar surface area (TPSA) is 64.3 Å². The summed E-state index contributed by atoms with van der Waals surface area (Å²) < 4.78 is 5.65. The Kier molecular flexibility index (Phi) is 5.62. The van der Waals surface area contributed by atoms with E-state index in [1.54, 1.807) is 0 Å². The summed E-state index contributed by atoms with van der Waals surface area (Å²) in [6, 6.07) is 6.22. The Balaban J connectivity index is 1.85. The van der Waals surface area contributed by atoms with E-state index in [1.165, 1.54) is 12.8 Å². The SMILES string of the molecule is Cc1ccc(C)c(OCC(=O)NC2CCCCC2CN)c1. The summed E-state index contributed by atoms with van der Waals surface area (Å²) in [4.78, 5) is 12.1. The van der Waals surface area contributed by atoms with Crippen molar-refractivity contribution in [1.29, 1.82) is 0 Å². The van der Waals surface area contributed by atoms with Crippen LogP contribution in [-0.2, 0) is 4.79 Å². The van der Waals surface area contributed by atoms with E-state index in [2.05, 4.69) is 5.32 Å². The van der Waals surface area contributed by atoms with Crippen LogP contribution in [0.15, 0.2) is 18.2 Å². The first-order chi connectivity index (χ1) is 10.1. The van der Waals surface area contributed by atoms with Crippen LogP contribution >= 0.6 is 0 Å². The van der Waals surface area contributed by atoms with Crippen LogP contribution in [0.25, 0.3) is 0 Å². The highest BCUT2D eigenvalue weighted by atomic mass is 16.5. The Morgan fingerprint density at radius 2 is 2.10 bits per heavy atom. The third-order valence-corrected chi connectivity index (χ3v) is 4.26. The highest BCUT2D eigenvalue weighted by Crippen LogP contribution is 2.23. The van der Waals surface area contributed by atoms with Crippen molar-refractivity contribution in [3.63, 3.8) is 0 Å². The first-order valence-corrected chi connectivity index (χ1v) is 7.79. The molecule has 0 aliphatic heterocycles. The van der Waals surface area contributed by atoms with Gasteiger partial charge >= 0.3 is 0 Å². The van der Waals surface area contributed by atoms with Crippen molar-refractivity contribution >= 4 is 5.91 Å². The molecule has 0 radical (unpaired) electrons. The van der Waals surface area contributed by atoms with Crippen LogP contribution in [0.3, 0.4) is 0 Å². The van der Waals surface area contributed by atoms with Crippen LogP contribution in [0.4, 0.5) is 0 Å². The van der Waals surface area contributed by atoms with Crippen LogP contribution in [0.2, 0.25) is 0 Å². The van der Waals surface area contributed by atoms with E-state index in [4.69, 9.17) is 10.5 Å². The lowest BCUT2D eigenvalue weighted by Crippen LogP contribution is -2.46. The number of nitrogens with one attached hydrogen (secondary N) is 1. The van der Waals surface area contributed by atoms with Gasteiger partial charge in [-0.25, -0.2) is 0 Å². The maximum Gasteiger partial charge on any atom is 0.258 e. The molecular formula is C17H26N2O2. The lowest BCUT2D eigenvalue weighted by atomic mass is 9.84. The van der Waals surface area contributed by atoms with Gasteiger partial charge in [-0.3, -0.25) is 4.79 Å². The molecule has 21 heavy (non-hydrogen) atoms. The fraction of sp³-hybridized carbons (Fsp3) is 0.588. The smallest absolute Gasteiger partial charge is 0.258 e. The maximum absolute atomic E-state index is 12.1. The largest absolute Gasteiger partial charge is 0.483 e. The summed E-state index contributed by atoms with van der Waals surface area (Å²) in [6.07, 6.45) is 4.52. The van der Waals surface area contributed by atoms with Crippen LogP contribution < -0.4 is 15.8 Å². The zero-order valence-electron chi connectivity index (χ0n) is 13.0. The second-order valence-electron chi connectivity index (χ2n) is 6.01. The minimum atomic E-state index is -0.0544. The number of amides is 1. The second-order valence-corrected chi connectivity index (χ2v) is 6.01. The number of ether oxygens (including phenoxy) is 1. The summed E-state index contributed by atoms with van der Waals surface area (Å²) in [7, 11) is 0. The van der Waals surface area contributed by atoms with E-state index >= 15 is 0 Å². The molecule has 116 valence electrons. The Labute approximate surface area is 127 Å². The number of carbonyl (C=O) groups is 1. The maximum atomic E-state index is 12.1. The van der Waals surface area contributed by atoms with Gasteiger partial charge in [0.15, 0.2) is 6.61 Å². The van der Waals surface area contributed by atoms with Gasteiger partial charge in [0.1, 0.15) is 5.75 Å². The van der Waals surface area contributed by atoms with Crippen molar-refractivity contribution in [2.45, 2.75) is 45.6 Å². The van der Waals surface area contributed by atoms with Crippen molar-refractivity contribution in [2.75, 3.05) is 13.2 Å². The normalized spacial score (nSPS) is 21.9. The summed E-state index contributed by atoms with van der Waals surface area (Å²) >= 11 is 0. The quantitative estimate of drug-likeness (QED) is 0.874. The van der Waals surface area contributed by atoms with Crippen molar-refractivity contribution in [2.24, 2.45) is 11.7 Å². The molecule has 4 nitrogen and oxygen atoms in total. The summed E-state index contributed by atoms with van der Waals surface area (Å²) in [6.45, 7) is 4.71. The second kappa shape index (κ2) is 7.46. The fourth-order valence-electron chi connectivity index (χ4n) is 2.93. The van der Waals surface area contributed by atoms with Crippen molar-refractivity contribution < 1.29 is 9.53 Å². The Morgan fingerprint density at radius 1 is 1.33 bits per heavy atom. The van der Waals surface area contributed by atoms with E-state index < -0.39 is 0 Å². The first kappa shape index (κ1) is 15.8. The Bertz CT molecular complexity index is 488. The van der Waals surface area contributed by atoms with Crippen LogP contribution in [0.5, 0.6) is 5.75 Å². The molecule has 1 fully saturated rings. The molecular weight excluding hydrogens is 264 g/mol. The minimum absolute atomic E-state index is 0.0544. The molecule has 1 aliphatic carbocycles. The summed E-state index contributed by atoms with van der Waals surface area (Å²) in [5, 5.41) is 3.08. The molecule has 2 unspecified atom stereocenters. The minimum Gasteiger partial charge on any atom is -0.483 e. The standard InChI is InChI=1S/C17H26N2O2/c1-12-7-8-13(2)16(9-12)21-11-17(20)19-15-6-4-3-5-14(15)10-18/h7-9,14-15H,3-6,10-11,18H2,1-2H3,(H,19,20). The van der Waals surface area contributed by atoms with Crippen LogP contribution in [-0.4, -0.2) is 25.1 Å². The molecule has 2 atom stereocenters. The summed E-state index contributed by atoms with van der Waals surface area (Å²) in [5.74, 6) is 1.13. The highest BCUT2D eigenvalue weighted by Gasteiger charge is 2.25. The molecule has 0 aromatic heterocycles. The Morgan fingerprint density at radius 3 is 2.86 bits per heavy atom. The molecule has 2 rings (SSSR count). The number of rotatable bonds is 5. The van der Waals surface area contributed by atoms with Crippen molar-refractivity contribution in [3.8, 4) is 5.75 Å². The van der Waals surface area contributed by atoms with Crippen LogP contribution in [0.1, 0.15) is 36.8 Å². The molecule has 1 aromatic carbocycles. The van der Waals surface area contributed by atoms with Gasteiger partial charge in [0.2, 0.25) is 0 Å². The van der Waals surface area contributed by atoms with E-state index in [9.17, 15) is 4.79 Å². The van der Waals surface area contributed by atoms with E-state index in [-0.39, 0.29) is 18.6 Å². The molecule has 0 saturated heterocycles. The average molecular weight is 290 g/mol. The molecule has 0 heterocycles. The van der Waals surface area contributed by atoms with Gasteiger partial charge in [0.05, 0.1) is 0 Å². The van der Waals surface area contributed by atoms with E-state index in [0.717, 1.165) is 29.7 Å². The van der Waals surface area contributed by atoms with Gasteiger partial charge in [0.25, 0.3) is 5.91 Å². The first-order valence-electron chi connectivity index (χ1n) is 7.79. The number of aryl methyl sites for hydroxylation is 2.